The molecule has 7 rings (SSSR count). The van der Waals surface area contributed by atoms with E-state index in [0.29, 0.717) is 61.5 Å². The SMILES string of the molecule is Nc1ccc2c(c1N)C(=O)c1ccccc1C2=O.O=C(Cl)CCl.O=C1c2ccccc2C(=O)c2c1ccc1[nH]c(CCl)nc21.[2H]CF. The molecule has 1 heterocycles. The van der Waals surface area contributed by atoms with E-state index in [1.165, 1.54) is 0 Å². The molecule has 0 atom stereocenters. The van der Waals surface area contributed by atoms with Crippen LogP contribution in [0, 0.1) is 0 Å². The number of nitrogen functional groups attached to an aromatic ring is 2. The van der Waals surface area contributed by atoms with Crippen LogP contribution in [-0.4, -0.2) is 51.4 Å². The molecule has 1 aromatic heterocycles. The molecule has 0 saturated heterocycles. The van der Waals surface area contributed by atoms with Gasteiger partial charge in [0.1, 0.15) is 11.3 Å². The van der Waals surface area contributed by atoms with Gasteiger partial charge in [-0.2, -0.15) is 0 Å². The van der Waals surface area contributed by atoms with Gasteiger partial charge in [0.05, 0.1) is 48.3 Å². The Morgan fingerprint density at radius 3 is 1.67 bits per heavy atom. The first-order chi connectivity index (χ1) is 22.5. The van der Waals surface area contributed by atoms with Gasteiger partial charge in [-0.05, 0) is 35.9 Å². The van der Waals surface area contributed by atoms with Gasteiger partial charge in [-0.3, -0.25) is 28.4 Å². The molecule has 13 heteroatoms. The van der Waals surface area contributed by atoms with Crippen LogP contribution in [0.4, 0.5) is 15.8 Å². The largest absolute Gasteiger partial charge is 0.397 e. The van der Waals surface area contributed by atoms with Crippen molar-refractivity contribution in [1.82, 2.24) is 9.97 Å². The van der Waals surface area contributed by atoms with Crippen molar-refractivity contribution in [2.24, 2.45) is 0 Å². The van der Waals surface area contributed by atoms with Crippen molar-refractivity contribution in [3.63, 3.8) is 0 Å². The van der Waals surface area contributed by atoms with Crippen LogP contribution in [0.15, 0.2) is 72.8 Å². The number of hydrogen-bond acceptors (Lipinski definition) is 8. The topological polar surface area (TPSA) is 166 Å². The molecule has 0 amide bonds. The first-order valence-corrected chi connectivity index (χ1v) is 14.7. The number of aromatic nitrogens is 2. The number of nitrogens with two attached hydrogens (primary N) is 2. The third-order valence-corrected chi connectivity index (χ3v) is 7.76. The maximum Gasteiger partial charge on any atom is 0.236 e. The summed E-state index contributed by atoms with van der Waals surface area (Å²) in [5.74, 6) is -0.0315. The van der Waals surface area contributed by atoms with E-state index in [9.17, 15) is 28.4 Å². The maximum atomic E-state index is 12.7. The number of rotatable bonds is 2. The van der Waals surface area contributed by atoms with Crippen LogP contribution in [-0.2, 0) is 10.7 Å². The third kappa shape index (κ3) is 6.28. The Morgan fingerprint density at radius 2 is 1.20 bits per heavy atom. The van der Waals surface area contributed by atoms with Crippen LogP contribution in [0.2, 0.25) is 0 Å². The van der Waals surface area contributed by atoms with Crippen LogP contribution in [0.5, 0.6) is 0 Å². The Balaban J connectivity index is 0.000000175. The average molecular weight is 683 g/mol. The Bertz CT molecular complexity index is 2070. The van der Waals surface area contributed by atoms with Crippen LogP contribution < -0.4 is 11.5 Å². The van der Waals surface area contributed by atoms with Crippen LogP contribution in [0.25, 0.3) is 11.0 Å². The number of hydrogen-bond donors (Lipinski definition) is 3. The Kier molecular flexibility index (Phi) is 10.2. The Hall–Kier alpha value is -4.90. The highest BCUT2D eigenvalue weighted by molar-refractivity contribution is 6.67. The minimum Gasteiger partial charge on any atom is -0.397 e. The summed E-state index contributed by atoms with van der Waals surface area (Å²) in [5.41, 5.74) is 16.2. The summed E-state index contributed by atoms with van der Waals surface area (Å²) >= 11 is 15.3. The normalized spacial score (nSPS) is 12.5. The van der Waals surface area contributed by atoms with E-state index in [1.54, 1.807) is 72.8 Å². The standard InChI is InChI=1S/C16H9ClN2O2.C14H10N2O2.C2H2Cl2O.CH3F/c17-7-12-18-11-6-5-10-13(14(11)19-12)16(21)9-4-2-1-3-8(9)15(10)20;15-10-6-5-9-11(12(10)16)14(18)8-4-2-1-3-7(8)13(9)17;3-1-2(4)5;1-2/h1-6H,7H2,(H,18,19);1-6H,15-16H2;1H2;1H3/i;;;1D. The molecule has 4 aromatic carbocycles. The third-order valence-electron chi connectivity index (χ3n) is 6.99. The van der Waals surface area contributed by atoms with E-state index in [2.05, 4.69) is 9.97 Å². The van der Waals surface area contributed by atoms with E-state index in [-0.39, 0.29) is 46.1 Å². The number of benzene rings is 4. The summed E-state index contributed by atoms with van der Waals surface area (Å²) in [6.07, 6.45) is 0. The number of halogens is 4. The number of carbonyl (C=O) groups excluding carboxylic acids is 5. The predicted octanol–water partition coefficient (Wildman–Crippen LogP) is 6.28. The minimum absolute atomic E-state index is 0.0957. The summed E-state index contributed by atoms with van der Waals surface area (Å²) in [5, 5.41) is -0.508. The number of ketones is 4. The zero-order valence-corrected chi connectivity index (χ0v) is 26.0. The summed E-state index contributed by atoms with van der Waals surface area (Å²) in [6, 6.07) is 20.1. The lowest BCUT2D eigenvalue weighted by Crippen LogP contribution is -2.22. The molecule has 0 fully saturated rings. The predicted molar refractivity (Wildman–Crippen MR) is 176 cm³/mol. The van der Waals surface area contributed by atoms with Crippen molar-refractivity contribution in [1.29, 1.82) is 0 Å². The van der Waals surface area contributed by atoms with Crippen LogP contribution in [0.3, 0.4) is 0 Å². The molecule has 234 valence electrons. The van der Waals surface area contributed by atoms with Crippen molar-refractivity contribution in [2.45, 2.75) is 5.88 Å². The van der Waals surface area contributed by atoms with Gasteiger partial charge in [0.25, 0.3) is 0 Å². The maximum absolute atomic E-state index is 12.7. The molecule has 5 aromatic rings. The van der Waals surface area contributed by atoms with Gasteiger partial charge >= 0.3 is 0 Å². The molecule has 2 aliphatic rings. The fourth-order valence-electron chi connectivity index (χ4n) is 5.00. The van der Waals surface area contributed by atoms with Crippen molar-refractivity contribution < 1.29 is 29.7 Å². The van der Waals surface area contributed by atoms with E-state index in [1.807, 2.05) is 0 Å². The first kappa shape index (κ1) is 32.5. The van der Waals surface area contributed by atoms with E-state index >= 15 is 0 Å². The minimum atomic E-state index is -1.00. The molecule has 0 unspecified atom stereocenters. The number of anilines is 2. The highest BCUT2D eigenvalue weighted by Crippen LogP contribution is 2.34. The summed E-state index contributed by atoms with van der Waals surface area (Å²) < 4.78 is 15.5. The fraction of sp³-hybridized carbons (Fsp3) is 0.0909. The zero-order valence-electron chi connectivity index (χ0n) is 24.7. The lowest BCUT2D eigenvalue weighted by atomic mass is 9.83. The lowest BCUT2D eigenvalue weighted by molar-refractivity contribution is -0.109. The molecule has 2 aliphatic carbocycles. The molecular formula is C33H24Cl3FN4O5. The molecule has 9 nitrogen and oxygen atoms in total. The molecule has 0 aliphatic heterocycles. The van der Waals surface area contributed by atoms with Crippen molar-refractivity contribution in [3.05, 3.63) is 123 Å². The van der Waals surface area contributed by atoms with Crippen molar-refractivity contribution >= 4 is 85.6 Å². The van der Waals surface area contributed by atoms with Gasteiger partial charge in [0.15, 0.2) is 23.1 Å². The number of aromatic amines is 1. The molecule has 0 radical (unpaired) electrons. The summed E-state index contributed by atoms with van der Waals surface area (Å²) in [7, 11) is -1.00. The Labute approximate surface area is 278 Å². The molecule has 46 heavy (non-hydrogen) atoms. The van der Waals surface area contributed by atoms with E-state index in [0.717, 1.165) is 0 Å². The number of alkyl halides is 3. The number of nitrogens with one attached hydrogen (secondary N) is 1. The van der Waals surface area contributed by atoms with E-state index < -0.39 is 12.4 Å². The van der Waals surface area contributed by atoms with Crippen molar-refractivity contribution in [2.75, 3.05) is 24.5 Å². The highest BCUT2D eigenvalue weighted by atomic mass is 35.5. The van der Waals surface area contributed by atoms with Gasteiger partial charge < -0.3 is 16.5 Å². The van der Waals surface area contributed by atoms with Crippen LogP contribution >= 0.6 is 34.8 Å². The molecule has 0 bridgehead atoms. The average Bonchev–Trinajstić information content (AvgIpc) is 3.52. The lowest BCUT2D eigenvalue weighted by Gasteiger charge is -2.19. The second-order valence-corrected chi connectivity index (χ2v) is 10.5. The van der Waals surface area contributed by atoms with Crippen molar-refractivity contribution in [3.8, 4) is 0 Å². The van der Waals surface area contributed by atoms with E-state index in [4.69, 9.17) is 47.6 Å². The molecule has 0 spiro atoms. The van der Waals surface area contributed by atoms with Crippen LogP contribution in [0.1, 0.15) is 70.9 Å². The molecule has 5 N–H and O–H groups in total. The zero-order chi connectivity index (χ0) is 34.4. The Morgan fingerprint density at radius 1 is 0.761 bits per heavy atom. The number of fused-ring (bicyclic) bond motifs is 6. The van der Waals surface area contributed by atoms with Gasteiger partial charge in [0, 0.05) is 33.4 Å². The highest BCUT2D eigenvalue weighted by Gasteiger charge is 2.33. The summed E-state index contributed by atoms with van der Waals surface area (Å²) in [4.78, 5) is 66.7. The van der Waals surface area contributed by atoms with Gasteiger partial charge in [-0.15, -0.1) is 23.2 Å². The molecule has 0 saturated carbocycles. The number of H-pyrrole nitrogens is 1. The second kappa shape index (κ2) is 14.5. The quantitative estimate of drug-likeness (QED) is 0.109. The summed E-state index contributed by atoms with van der Waals surface area (Å²) in [6.45, 7) is 0. The molecular weight excluding hydrogens is 658 g/mol. The first-order valence-electron chi connectivity index (χ1n) is 13.9. The van der Waals surface area contributed by atoms with Gasteiger partial charge in [0.2, 0.25) is 5.24 Å². The number of nitrogens with zero attached hydrogens (tertiary/aromatic N) is 1. The second-order valence-electron chi connectivity index (χ2n) is 9.59. The number of carbonyl (C=O) groups is 5. The number of imidazole rings is 1. The van der Waals surface area contributed by atoms with Gasteiger partial charge in [-0.25, -0.2) is 4.98 Å². The monoisotopic (exact) mass is 681 g/mol. The smallest absolute Gasteiger partial charge is 0.236 e. The van der Waals surface area contributed by atoms with Gasteiger partial charge in [-0.1, -0.05) is 48.5 Å². The fourth-order valence-corrected chi connectivity index (χ4v) is 5.12.